The van der Waals surface area contributed by atoms with E-state index in [0.29, 0.717) is 55.6 Å². The molecule has 0 unspecified atom stereocenters. The first-order valence-corrected chi connectivity index (χ1v) is 29.9. The summed E-state index contributed by atoms with van der Waals surface area (Å²) in [5.74, 6) is -5.81. The van der Waals surface area contributed by atoms with E-state index >= 15 is 0 Å². The molecule has 0 bridgehead atoms. The molecule has 99 heavy (non-hydrogen) atoms. The summed E-state index contributed by atoms with van der Waals surface area (Å²) in [6, 6.07) is 34.9. The van der Waals surface area contributed by atoms with Crippen molar-refractivity contribution in [1.82, 2.24) is 9.97 Å². The van der Waals surface area contributed by atoms with Gasteiger partial charge >= 0.3 is 0 Å². The molecule has 0 fully saturated rings. The number of fused-ring (bicyclic) bond motifs is 6. The third-order valence-electron chi connectivity index (χ3n) is 13.6. The monoisotopic (exact) mass is 1440 g/mol. The number of carbonyl (C=O) groups is 16. The van der Waals surface area contributed by atoms with Gasteiger partial charge in [-0.2, -0.15) is 10.5 Å². The van der Waals surface area contributed by atoms with Crippen molar-refractivity contribution in [2.24, 2.45) is 0 Å². The fourth-order valence-electron chi connectivity index (χ4n) is 8.74. The molecule has 2 aromatic heterocycles. The van der Waals surface area contributed by atoms with Crippen LogP contribution >= 0.6 is 69.6 Å². The second-order valence-electron chi connectivity index (χ2n) is 19.7. The van der Waals surface area contributed by atoms with Gasteiger partial charge in [0.25, 0.3) is 0 Å². The highest BCUT2D eigenvalue weighted by Gasteiger charge is 2.35. The molecule has 4 aromatic carbocycles. The maximum atomic E-state index is 12.1. The molecule has 1 N–H and O–H groups in total. The molecular formula is C72H34Cl6N4O17. The van der Waals surface area contributed by atoms with Crippen LogP contribution in [0.2, 0.25) is 0 Å². The minimum absolute atomic E-state index is 0.0641. The Bertz CT molecular complexity index is 4570. The number of aliphatic hydroxyl groups excluding tert-OH is 1. The van der Waals surface area contributed by atoms with Crippen LogP contribution in [-0.2, 0) is 33.6 Å². The van der Waals surface area contributed by atoms with Crippen LogP contribution in [0.25, 0.3) is 5.76 Å². The Morgan fingerprint density at radius 1 is 0.293 bits per heavy atom. The van der Waals surface area contributed by atoms with E-state index in [1.54, 1.807) is 109 Å². The van der Waals surface area contributed by atoms with Crippen LogP contribution in [0.3, 0.4) is 0 Å². The van der Waals surface area contributed by atoms with Gasteiger partial charge in [-0.15, -0.1) is 0 Å². The lowest BCUT2D eigenvalue weighted by Crippen LogP contribution is -2.20. The summed E-state index contributed by atoms with van der Waals surface area (Å²) in [6.45, 7) is 0. The molecule has 0 saturated carbocycles. The van der Waals surface area contributed by atoms with Crippen molar-refractivity contribution in [3.63, 3.8) is 0 Å². The summed E-state index contributed by atoms with van der Waals surface area (Å²) >= 11 is 32.3. The molecule has 0 spiro atoms. The van der Waals surface area contributed by atoms with Crippen LogP contribution in [0, 0.1) is 22.7 Å². The van der Waals surface area contributed by atoms with Crippen molar-refractivity contribution in [3.8, 4) is 12.1 Å². The Kier molecular flexibility index (Phi) is 25.1. The second kappa shape index (κ2) is 33.5. The molecule has 6 aromatic rings. The summed E-state index contributed by atoms with van der Waals surface area (Å²) in [5.41, 5.74) is 4.08. The van der Waals surface area contributed by atoms with Gasteiger partial charge in [-0.3, -0.25) is 86.7 Å². The number of nitrogens with zero attached hydrogens (tertiary/aromatic N) is 4. The van der Waals surface area contributed by atoms with E-state index < -0.39 is 76.0 Å². The van der Waals surface area contributed by atoms with Crippen LogP contribution < -0.4 is 0 Å². The number of nitriles is 2. The van der Waals surface area contributed by atoms with Gasteiger partial charge in [0.15, 0.2) is 52.0 Å². The molecular weight excluding hydrogens is 1410 g/mol. The maximum absolute atomic E-state index is 12.1. The first-order valence-electron chi connectivity index (χ1n) is 27.6. The van der Waals surface area contributed by atoms with Crippen molar-refractivity contribution < 1.29 is 81.8 Å². The SMILES string of the molecule is N#CC1=C(C#N)C(=O)C(Cl)=C(Cl)C1=O.O=C1C(Cl)=C(Cl)C(=O)C(Cl)=C1Cl.O=C1C=C(O)c2ccccc2C1=O.O=C1C=CC(=O)C=C1.O=C1C=CC(=O)c2ccccc21.O=C1C=CC(=O)c2cnccc21.O=C1C=CC(=O)c2ncccc21.O=C1c2ccccc2C(=O)c2ccccc21. The molecule has 0 saturated heterocycles. The standard InChI is InChI=1S/C14H8O2.C10H6O3.C10H6O2.2C9H5NO2.C8Cl2N2O2.C6Cl4O2.C6H4O2/c15-13-9-5-1-2-6-10(9)14(16)12-8-4-3-7-11(12)13;11-8-5-9(12)10(13)7-4-2-1-3-6(7)8;11-9-5-6-10(12)8-4-2-1-3-7(8)9;11-8-1-2-9(12)7-5-10-4-3-6(7)8;11-7-3-4-8(12)9-6(7)2-1-5-10-9;9-5-6(10)8(14)4(2-12)3(1-11)7(5)13;7-1-2(8)6(12)4(10)3(9)5(1)11;7-5-1-2-6(8)4-3-5/h1-8H;1-5,11H;1-6H;2*1-5H;;;1-4H. The van der Waals surface area contributed by atoms with E-state index in [1.165, 1.54) is 97.6 Å². The largest absolute Gasteiger partial charge is 0.507 e. The van der Waals surface area contributed by atoms with Crippen molar-refractivity contribution >= 4 is 168 Å². The smallest absolute Gasteiger partial charge is 0.233 e. The van der Waals surface area contributed by atoms with Crippen molar-refractivity contribution in [3.05, 3.63) is 309 Å². The first-order chi connectivity index (χ1) is 47.1. The number of hydrogen-bond acceptors (Lipinski definition) is 21. The van der Waals surface area contributed by atoms with Crippen molar-refractivity contribution in [2.45, 2.75) is 0 Å². The predicted octanol–water partition coefficient (Wildman–Crippen LogP) is 11.4. The Morgan fingerprint density at radius 2 is 0.596 bits per heavy atom. The van der Waals surface area contributed by atoms with Gasteiger partial charge in [0.2, 0.25) is 40.5 Å². The number of Topliss-reactive ketones (excluding diaryl/α,β-unsaturated/α-hetero) is 5. The topological polar surface area (TPSA) is 367 Å². The summed E-state index contributed by atoms with van der Waals surface area (Å²) < 4.78 is 0. The highest BCUT2D eigenvalue weighted by molar-refractivity contribution is 6.69. The molecule has 21 nitrogen and oxygen atoms in total. The Balaban J connectivity index is 0.000000160. The zero-order chi connectivity index (χ0) is 72.5. The third kappa shape index (κ3) is 17.3. The van der Waals surface area contributed by atoms with E-state index in [-0.39, 0.29) is 74.8 Å². The number of halogens is 6. The van der Waals surface area contributed by atoms with Crippen LogP contribution in [0.4, 0.5) is 0 Å². The number of ketones is 16. The van der Waals surface area contributed by atoms with Crippen LogP contribution in [0.5, 0.6) is 0 Å². The number of carbonyl (C=O) groups excluding carboxylic acids is 16. The molecule has 14 rings (SSSR count). The molecule has 0 atom stereocenters. The van der Waals surface area contributed by atoms with Gasteiger partial charge in [0, 0.05) is 74.7 Å². The molecule has 27 heteroatoms. The normalized spacial score (nSPS) is 15.6. The molecule has 2 heterocycles. The Labute approximate surface area is 587 Å². The van der Waals surface area contributed by atoms with Gasteiger partial charge in [-0.05, 0) is 79.0 Å². The first kappa shape index (κ1) is 74.2. The minimum Gasteiger partial charge on any atom is -0.507 e. The zero-order valence-electron chi connectivity index (χ0n) is 49.6. The molecule has 0 aliphatic heterocycles. The molecule has 486 valence electrons. The highest BCUT2D eigenvalue weighted by atomic mass is 35.5. The quantitative estimate of drug-likeness (QED) is 0.109. The lowest BCUT2D eigenvalue weighted by atomic mass is 9.84. The van der Waals surface area contributed by atoms with Crippen LogP contribution in [0.15, 0.2) is 242 Å². The lowest BCUT2D eigenvalue weighted by Gasteiger charge is -2.16. The molecule has 8 aliphatic rings. The van der Waals surface area contributed by atoms with Crippen molar-refractivity contribution in [1.29, 1.82) is 10.5 Å². The maximum Gasteiger partial charge on any atom is 0.233 e. The second-order valence-corrected chi connectivity index (χ2v) is 22.0. The number of benzene rings is 4. The zero-order valence-corrected chi connectivity index (χ0v) is 54.1. The van der Waals surface area contributed by atoms with E-state index in [1.807, 2.05) is 0 Å². The average molecular weight is 1440 g/mol. The highest BCUT2D eigenvalue weighted by Crippen LogP contribution is 2.34. The third-order valence-corrected chi connectivity index (χ3v) is 16.0. The lowest BCUT2D eigenvalue weighted by molar-refractivity contribution is -0.115. The number of rotatable bonds is 0. The fraction of sp³-hybridized carbons (Fsp3) is 0. The van der Waals surface area contributed by atoms with Crippen molar-refractivity contribution in [2.75, 3.05) is 0 Å². The number of allylic oxidation sites excluding steroid dienone is 19. The predicted molar refractivity (Wildman–Crippen MR) is 357 cm³/mol. The average Bonchev–Trinajstić information content (AvgIpc) is 0.771. The minimum atomic E-state index is -0.893. The summed E-state index contributed by atoms with van der Waals surface area (Å²) in [4.78, 5) is 186. The van der Waals surface area contributed by atoms with E-state index in [9.17, 15) is 81.8 Å². The Morgan fingerprint density at radius 3 is 0.960 bits per heavy atom. The Hall–Kier alpha value is -12.2. The number of pyridine rings is 2. The number of aliphatic hydroxyl groups is 1. The summed E-state index contributed by atoms with van der Waals surface area (Å²) in [7, 11) is 0. The van der Waals surface area contributed by atoms with E-state index in [0.717, 1.165) is 6.08 Å². The number of aromatic nitrogens is 2. The van der Waals surface area contributed by atoms with Gasteiger partial charge in [0.1, 0.15) is 64.9 Å². The fourth-order valence-corrected chi connectivity index (χ4v) is 9.92. The van der Waals surface area contributed by atoms with Gasteiger partial charge < -0.3 is 5.11 Å². The van der Waals surface area contributed by atoms with Gasteiger partial charge in [0.05, 0.1) is 11.1 Å². The van der Waals surface area contributed by atoms with E-state index in [4.69, 9.17) is 80.1 Å². The van der Waals surface area contributed by atoms with E-state index in [2.05, 4.69) is 9.97 Å². The van der Waals surface area contributed by atoms with Gasteiger partial charge in [-0.25, -0.2) is 0 Å². The van der Waals surface area contributed by atoms with Crippen LogP contribution in [-0.4, -0.2) is 108 Å². The molecule has 0 amide bonds. The summed E-state index contributed by atoms with van der Waals surface area (Å²) in [5, 5.41) is 23.8. The van der Waals surface area contributed by atoms with Crippen LogP contribution in [0.1, 0.15) is 110 Å². The molecule has 0 radical (unpaired) electrons. The summed E-state index contributed by atoms with van der Waals surface area (Å²) in [6.07, 6.45) is 18.1. The van der Waals surface area contributed by atoms with Gasteiger partial charge in [-0.1, -0.05) is 167 Å². The number of hydrogen-bond donors (Lipinski definition) is 1. The molecule has 8 aliphatic carbocycles.